The molecule has 6 atom stereocenters. The Hall–Kier alpha value is -5.67. The van der Waals surface area contributed by atoms with Gasteiger partial charge in [-0.3, -0.25) is 19.2 Å². The van der Waals surface area contributed by atoms with Gasteiger partial charge in [0, 0.05) is 35.3 Å². The maximum absolute atomic E-state index is 14.5. The summed E-state index contributed by atoms with van der Waals surface area (Å²) < 4.78 is 12.6. The Labute approximate surface area is 418 Å². The second kappa shape index (κ2) is 23.5. The Kier molecular flexibility index (Phi) is 17.5. The Morgan fingerprint density at radius 2 is 1.66 bits per heavy atom. The van der Waals surface area contributed by atoms with E-state index in [9.17, 15) is 24.3 Å². The van der Waals surface area contributed by atoms with E-state index in [0.717, 1.165) is 53.6 Å². The highest BCUT2D eigenvalue weighted by Crippen LogP contribution is 2.61. The van der Waals surface area contributed by atoms with Crippen LogP contribution in [0.4, 0.5) is 0 Å². The number of carbonyl (C=O) groups is 4. The van der Waals surface area contributed by atoms with Gasteiger partial charge in [-0.2, -0.15) is 0 Å². The van der Waals surface area contributed by atoms with E-state index < -0.39 is 36.9 Å². The van der Waals surface area contributed by atoms with Crippen molar-refractivity contribution in [3.05, 3.63) is 124 Å². The summed E-state index contributed by atoms with van der Waals surface area (Å²) in [6.07, 6.45) is 8.86. The number of nitrogens with two attached hydrogens (primary N) is 1. The molecule has 70 heavy (non-hydrogen) atoms. The maximum Gasteiger partial charge on any atom is 0.478 e. The number of phenolic OH excluding ortho intramolecular Hbond substituents is 1. The minimum atomic E-state index is -1.01. The van der Waals surface area contributed by atoms with Gasteiger partial charge in [0.25, 0.3) is 5.91 Å². The van der Waals surface area contributed by atoms with Crippen molar-refractivity contribution in [2.75, 3.05) is 33.1 Å². The van der Waals surface area contributed by atoms with Crippen molar-refractivity contribution in [3.63, 3.8) is 0 Å². The molecule has 15 heteroatoms. The Morgan fingerprint density at radius 3 is 2.31 bits per heavy atom. The lowest BCUT2D eigenvalue weighted by Gasteiger charge is -2.60. The number of likely N-dealkylation sites (N-methyl/N-ethyl adjacent to an activating group) is 1. The summed E-state index contributed by atoms with van der Waals surface area (Å²) in [5.41, 5.74) is 12.1. The van der Waals surface area contributed by atoms with Gasteiger partial charge in [-0.15, -0.1) is 0 Å². The minimum absolute atomic E-state index is 0.00107. The molecule has 1 saturated heterocycles. The van der Waals surface area contributed by atoms with Gasteiger partial charge in [-0.05, 0) is 132 Å². The van der Waals surface area contributed by atoms with Crippen LogP contribution in [0.15, 0.2) is 96.7 Å². The third kappa shape index (κ3) is 12.1. The first kappa shape index (κ1) is 52.2. The Balaban J connectivity index is 0.00000137. The van der Waals surface area contributed by atoms with Crippen LogP contribution >= 0.6 is 11.6 Å². The van der Waals surface area contributed by atoms with Crippen LogP contribution in [0.25, 0.3) is 22.3 Å². The number of aryl methyl sites for hydroxylation is 1. The number of phenols is 1. The van der Waals surface area contributed by atoms with Gasteiger partial charge in [-0.1, -0.05) is 108 Å². The van der Waals surface area contributed by atoms with Crippen LogP contribution in [0.2, 0.25) is 5.02 Å². The van der Waals surface area contributed by atoms with Crippen LogP contribution in [0.3, 0.4) is 0 Å². The van der Waals surface area contributed by atoms with E-state index in [1.54, 1.807) is 31.3 Å². The van der Waals surface area contributed by atoms with Crippen LogP contribution in [-0.2, 0) is 36.5 Å². The number of carbonyl (C=O) groups excluding carboxylic acids is 4. The van der Waals surface area contributed by atoms with E-state index in [2.05, 4.69) is 49.0 Å². The summed E-state index contributed by atoms with van der Waals surface area (Å²) >= 11 is 6.07. The lowest BCUT2D eigenvalue weighted by atomic mass is 9.47. The van der Waals surface area contributed by atoms with Gasteiger partial charge in [0.05, 0.1) is 31.7 Å². The number of unbranched alkanes of at least 4 members (excludes halogenated alkanes) is 1. The number of hydrogen-bond donors (Lipinski definition) is 6. The molecular weight excluding hydrogens is 903 g/mol. The standard InChI is InChI=1S/C51H59BClN5O7.C4H11N/c1-6-8-33-13-16-35-24-39(33)40-22-30(10-21-43(40)59)23-42(49(62)56-29-52-64-44-26-36-25-41(47(44)65-52)51(36,3)4)57-45(60)28-55-50(63)46(35)58(5)38(9-7-2)27-54-48(61)34-14-11-31(12-15-34)32-17-19-37(53)20-18-32;1-2-3-4-5/h9-22,24,36,41-42,44,46-47,59H,6-8,23,25-29H2,1-5H3,(H,54,61)(H,55,63)(H,56,62)(H,57,60);2-5H2,1H3/b38-9+;. The lowest BCUT2D eigenvalue weighted by molar-refractivity contribution is -0.150. The number of hydrogen-bond acceptors (Lipinski definition) is 9. The fourth-order valence-electron chi connectivity index (χ4n) is 10.4. The normalized spacial score (nSPS) is 22.5. The fourth-order valence-corrected chi connectivity index (χ4v) is 10.5. The molecule has 0 spiro atoms. The molecule has 6 bridgehead atoms. The Bertz CT molecular complexity index is 2520. The SMILES string of the molecule is CC/C=C(\CNC(=O)c1ccc(-c2ccc(Cl)cc2)cc1)N(C)C1C(=O)NCC(=O)NC(C(=O)NCB2OC3CC4CC(C3O2)C4(C)C)Cc2ccc(O)c(c2)-c2cc1ccc2CCC.CCCCN. The number of benzene rings is 4. The third-order valence-corrected chi connectivity index (χ3v) is 14.8. The van der Waals surface area contributed by atoms with E-state index in [1.165, 1.54) is 12.8 Å². The number of fused-ring (bicyclic) bond motifs is 5. The quantitative estimate of drug-likeness (QED) is 0.0684. The highest BCUT2D eigenvalue weighted by molar-refractivity contribution is 6.45. The number of rotatable bonds is 14. The summed E-state index contributed by atoms with van der Waals surface area (Å²) in [6.45, 7) is 11.4. The molecule has 7 N–H and O–H groups in total. The molecule has 9 rings (SSSR count). The van der Waals surface area contributed by atoms with Crippen molar-refractivity contribution >= 4 is 42.3 Å². The molecule has 4 amide bonds. The van der Waals surface area contributed by atoms with Crippen LogP contribution in [0.1, 0.15) is 106 Å². The van der Waals surface area contributed by atoms with Crippen molar-refractivity contribution in [1.82, 2.24) is 26.2 Å². The van der Waals surface area contributed by atoms with Gasteiger partial charge >= 0.3 is 7.12 Å². The van der Waals surface area contributed by atoms with E-state index >= 15 is 0 Å². The molecule has 372 valence electrons. The predicted octanol–water partition coefficient (Wildman–Crippen LogP) is 7.92. The number of nitrogens with one attached hydrogen (secondary N) is 4. The zero-order valence-corrected chi connectivity index (χ0v) is 42.2. The van der Waals surface area contributed by atoms with E-state index in [1.807, 2.05) is 78.6 Å². The molecule has 0 aromatic heterocycles. The summed E-state index contributed by atoms with van der Waals surface area (Å²) in [5.74, 6) is -0.628. The van der Waals surface area contributed by atoms with E-state index in [4.69, 9.17) is 26.6 Å². The van der Waals surface area contributed by atoms with E-state index in [-0.39, 0.29) is 55.2 Å². The van der Waals surface area contributed by atoms with Crippen LogP contribution in [-0.4, -0.2) is 92.1 Å². The molecule has 0 radical (unpaired) electrons. The van der Waals surface area contributed by atoms with E-state index in [0.29, 0.717) is 52.1 Å². The zero-order chi connectivity index (χ0) is 50.1. The molecule has 6 unspecified atom stereocenters. The summed E-state index contributed by atoms with van der Waals surface area (Å²) in [4.78, 5) is 57.5. The lowest BCUT2D eigenvalue weighted by Crippen LogP contribution is -2.59. The fraction of sp³-hybridized carbons (Fsp3) is 0.455. The van der Waals surface area contributed by atoms with Gasteiger partial charge in [0.1, 0.15) is 17.8 Å². The van der Waals surface area contributed by atoms with Crippen LogP contribution < -0.4 is 27.0 Å². The highest BCUT2D eigenvalue weighted by Gasteiger charge is 2.62. The molecule has 2 heterocycles. The van der Waals surface area contributed by atoms with Crippen LogP contribution in [0.5, 0.6) is 5.75 Å². The molecule has 2 aliphatic heterocycles. The first-order valence-electron chi connectivity index (χ1n) is 25.0. The first-order valence-corrected chi connectivity index (χ1v) is 25.4. The van der Waals surface area contributed by atoms with Crippen molar-refractivity contribution in [2.24, 2.45) is 23.0 Å². The number of halogens is 1. The zero-order valence-electron chi connectivity index (χ0n) is 41.5. The number of nitrogens with zero attached hydrogens (tertiary/aromatic N) is 1. The molecule has 4 aromatic carbocycles. The van der Waals surface area contributed by atoms with Gasteiger partial charge < -0.3 is 46.3 Å². The summed E-state index contributed by atoms with van der Waals surface area (Å²) in [5, 5.41) is 23.8. The largest absolute Gasteiger partial charge is 0.507 e. The topological polar surface area (TPSA) is 184 Å². The molecule has 3 saturated carbocycles. The van der Waals surface area contributed by atoms with Gasteiger partial charge in [-0.25, -0.2) is 0 Å². The molecule has 3 aliphatic carbocycles. The number of aromatic hydroxyl groups is 1. The molecule has 4 aromatic rings. The van der Waals surface area contributed by atoms with Crippen molar-refractivity contribution in [1.29, 1.82) is 0 Å². The molecule has 13 nitrogen and oxygen atoms in total. The van der Waals surface area contributed by atoms with Crippen molar-refractivity contribution in [2.45, 2.75) is 110 Å². The van der Waals surface area contributed by atoms with Gasteiger partial charge in [0.15, 0.2) is 0 Å². The second-order valence-corrected chi connectivity index (χ2v) is 20.1. The number of amides is 4. The smallest absolute Gasteiger partial charge is 0.478 e. The average molecular weight is 973 g/mol. The minimum Gasteiger partial charge on any atom is -0.507 e. The van der Waals surface area contributed by atoms with Crippen molar-refractivity contribution < 1.29 is 33.6 Å². The first-order chi connectivity index (χ1) is 33.6. The number of allylic oxidation sites excluding steroid dienone is 1. The maximum atomic E-state index is 14.5. The second-order valence-electron chi connectivity index (χ2n) is 19.6. The molecule has 5 aliphatic rings. The van der Waals surface area contributed by atoms with Crippen LogP contribution in [0, 0.1) is 17.3 Å². The predicted molar refractivity (Wildman–Crippen MR) is 277 cm³/mol. The third-order valence-electron chi connectivity index (χ3n) is 14.6. The highest BCUT2D eigenvalue weighted by atomic mass is 35.5. The average Bonchev–Trinajstić information content (AvgIpc) is 3.79. The molecular formula is C55H70BClN6O7. The molecule has 4 fully saturated rings. The summed E-state index contributed by atoms with van der Waals surface area (Å²) in [7, 11) is 1.19. The van der Waals surface area contributed by atoms with Gasteiger partial charge in [0.2, 0.25) is 17.7 Å². The monoisotopic (exact) mass is 973 g/mol. The summed E-state index contributed by atoms with van der Waals surface area (Å²) in [6, 6.07) is 23.9. The van der Waals surface area contributed by atoms with Crippen molar-refractivity contribution in [3.8, 4) is 28.0 Å². The Morgan fingerprint density at radius 1 is 0.929 bits per heavy atom.